The van der Waals surface area contributed by atoms with Gasteiger partial charge in [-0.15, -0.1) is 0 Å². The van der Waals surface area contributed by atoms with Crippen molar-refractivity contribution in [2.75, 3.05) is 5.73 Å². The molecule has 0 aliphatic rings. The summed E-state index contributed by atoms with van der Waals surface area (Å²) in [6.07, 6.45) is 0. The topological polar surface area (TPSA) is 51.8 Å². The number of aryl methyl sites for hydroxylation is 1. The van der Waals surface area contributed by atoms with Crippen molar-refractivity contribution < 1.29 is 8.78 Å². The maximum Gasteiger partial charge on any atom is 0.165 e. The number of benzene rings is 2. The van der Waals surface area contributed by atoms with Crippen LogP contribution in [0.1, 0.15) is 5.56 Å². The van der Waals surface area contributed by atoms with E-state index in [1.54, 1.807) is 12.1 Å². The first-order chi connectivity index (χ1) is 9.54. The van der Waals surface area contributed by atoms with Gasteiger partial charge in [-0.25, -0.2) is 18.7 Å². The second-order valence-electron chi connectivity index (χ2n) is 4.58. The molecule has 5 heteroatoms. The van der Waals surface area contributed by atoms with Gasteiger partial charge in [0.25, 0.3) is 0 Å². The number of anilines is 1. The molecule has 0 saturated heterocycles. The summed E-state index contributed by atoms with van der Waals surface area (Å²) in [6.45, 7) is 1.84. The number of hydrogen-bond donors (Lipinski definition) is 1. The summed E-state index contributed by atoms with van der Waals surface area (Å²) in [5.41, 5.74) is 7.32. The molecule has 0 amide bonds. The van der Waals surface area contributed by atoms with Gasteiger partial charge in [0, 0.05) is 11.5 Å². The predicted octanol–water partition coefficient (Wildman–Crippen LogP) is 3.47. The van der Waals surface area contributed by atoms with E-state index < -0.39 is 11.6 Å². The lowest BCUT2D eigenvalue weighted by molar-refractivity contribution is 0.629. The molecule has 2 aromatic carbocycles. The molecular weight excluding hydrogens is 260 g/mol. The second-order valence-corrected chi connectivity index (χ2v) is 4.58. The van der Waals surface area contributed by atoms with Gasteiger partial charge in [0.1, 0.15) is 17.5 Å². The van der Waals surface area contributed by atoms with E-state index in [1.165, 1.54) is 24.3 Å². The number of rotatable bonds is 1. The highest BCUT2D eigenvalue weighted by Crippen LogP contribution is 2.26. The smallest absolute Gasteiger partial charge is 0.165 e. The van der Waals surface area contributed by atoms with Crippen LogP contribution >= 0.6 is 0 Å². The van der Waals surface area contributed by atoms with Crippen LogP contribution in [0.15, 0.2) is 36.4 Å². The number of nitrogens with zero attached hydrogens (tertiary/aromatic N) is 2. The molecular formula is C15H11F2N3. The number of halogens is 2. The molecule has 0 atom stereocenters. The third kappa shape index (κ3) is 2.07. The zero-order chi connectivity index (χ0) is 14.3. The summed E-state index contributed by atoms with van der Waals surface area (Å²) < 4.78 is 27.1. The van der Waals surface area contributed by atoms with Crippen LogP contribution in [0.5, 0.6) is 0 Å². The van der Waals surface area contributed by atoms with Crippen LogP contribution < -0.4 is 5.73 Å². The van der Waals surface area contributed by atoms with E-state index in [9.17, 15) is 8.78 Å². The minimum atomic E-state index is -0.439. The molecule has 0 spiro atoms. The van der Waals surface area contributed by atoms with Crippen LogP contribution in [0.3, 0.4) is 0 Å². The van der Waals surface area contributed by atoms with E-state index in [-0.39, 0.29) is 17.2 Å². The lowest BCUT2D eigenvalue weighted by atomic mass is 10.1. The Morgan fingerprint density at radius 2 is 1.80 bits per heavy atom. The fourth-order valence-electron chi connectivity index (χ4n) is 2.06. The maximum absolute atomic E-state index is 13.9. The van der Waals surface area contributed by atoms with E-state index >= 15 is 0 Å². The Morgan fingerprint density at radius 1 is 1.00 bits per heavy atom. The molecule has 20 heavy (non-hydrogen) atoms. The summed E-state index contributed by atoms with van der Waals surface area (Å²) >= 11 is 0. The zero-order valence-electron chi connectivity index (χ0n) is 10.7. The van der Waals surface area contributed by atoms with Gasteiger partial charge in [0.15, 0.2) is 5.82 Å². The molecule has 3 rings (SSSR count). The Morgan fingerprint density at radius 3 is 2.60 bits per heavy atom. The van der Waals surface area contributed by atoms with Crippen molar-refractivity contribution in [2.45, 2.75) is 6.92 Å². The van der Waals surface area contributed by atoms with Gasteiger partial charge in [0.05, 0.1) is 11.1 Å². The lowest BCUT2D eigenvalue weighted by Gasteiger charge is -2.07. The Hall–Kier alpha value is -2.56. The third-order valence-electron chi connectivity index (χ3n) is 3.05. The molecule has 0 bridgehead atoms. The van der Waals surface area contributed by atoms with Gasteiger partial charge in [-0.2, -0.15) is 0 Å². The highest BCUT2D eigenvalue weighted by molar-refractivity contribution is 5.89. The Bertz CT molecular complexity index is 816. The average Bonchev–Trinajstić information content (AvgIpc) is 2.41. The van der Waals surface area contributed by atoms with E-state index in [2.05, 4.69) is 9.97 Å². The first-order valence-electron chi connectivity index (χ1n) is 6.04. The number of nitrogens with two attached hydrogens (primary N) is 1. The van der Waals surface area contributed by atoms with Crippen molar-refractivity contribution in [1.82, 2.24) is 9.97 Å². The molecule has 0 saturated carbocycles. The molecule has 1 heterocycles. The highest BCUT2D eigenvalue weighted by atomic mass is 19.1. The van der Waals surface area contributed by atoms with Crippen molar-refractivity contribution in [3.63, 3.8) is 0 Å². The summed E-state index contributed by atoms with van der Waals surface area (Å²) in [7, 11) is 0. The van der Waals surface area contributed by atoms with E-state index in [0.717, 1.165) is 5.56 Å². The Kier molecular flexibility index (Phi) is 2.82. The first kappa shape index (κ1) is 12.5. The fourth-order valence-corrected chi connectivity index (χ4v) is 2.06. The molecule has 0 radical (unpaired) electrons. The standard InChI is InChI=1S/C15H11F2N3/c1-8-2-5-12(17)11(6-8)15-19-13-7-9(16)3-4-10(13)14(18)20-15/h2-7H,1H3,(H2,18,19,20). The zero-order valence-corrected chi connectivity index (χ0v) is 10.7. The van der Waals surface area contributed by atoms with E-state index in [0.29, 0.717) is 10.9 Å². The normalized spacial score (nSPS) is 10.9. The SMILES string of the molecule is Cc1ccc(F)c(-c2nc(N)c3ccc(F)cc3n2)c1. The van der Waals surface area contributed by atoms with Crippen LogP contribution in [0, 0.1) is 18.6 Å². The maximum atomic E-state index is 13.9. The average molecular weight is 271 g/mol. The van der Waals surface area contributed by atoms with Crippen LogP contribution in [-0.2, 0) is 0 Å². The van der Waals surface area contributed by atoms with Gasteiger partial charge >= 0.3 is 0 Å². The fraction of sp³-hybridized carbons (Fsp3) is 0.0667. The molecule has 3 nitrogen and oxygen atoms in total. The highest BCUT2D eigenvalue weighted by Gasteiger charge is 2.12. The minimum Gasteiger partial charge on any atom is -0.383 e. The van der Waals surface area contributed by atoms with E-state index in [4.69, 9.17) is 5.73 Å². The molecule has 2 N–H and O–H groups in total. The molecule has 0 unspecified atom stereocenters. The second kappa shape index (κ2) is 4.52. The number of fused-ring (bicyclic) bond motifs is 1. The van der Waals surface area contributed by atoms with Crippen LogP contribution in [0.2, 0.25) is 0 Å². The summed E-state index contributed by atoms with van der Waals surface area (Å²) in [5, 5.41) is 0.545. The van der Waals surface area contributed by atoms with Crippen LogP contribution in [-0.4, -0.2) is 9.97 Å². The summed E-state index contributed by atoms with van der Waals surface area (Å²) in [6, 6.07) is 8.69. The van der Waals surface area contributed by atoms with Crippen molar-refractivity contribution in [3.8, 4) is 11.4 Å². The van der Waals surface area contributed by atoms with Crippen molar-refractivity contribution >= 4 is 16.7 Å². The van der Waals surface area contributed by atoms with Crippen molar-refractivity contribution in [3.05, 3.63) is 53.6 Å². The van der Waals surface area contributed by atoms with E-state index in [1.807, 2.05) is 6.92 Å². The van der Waals surface area contributed by atoms with Crippen molar-refractivity contribution in [1.29, 1.82) is 0 Å². The molecule has 0 fully saturated rings. The third-order valence-corrected chi connectivity index (χ3v) is 3.05. The van der Waals surface area contributed by atoms with Crippen LogP contribution in [0.25, 0.3) is 22.3 Å². The van der Waals surface area contributed by atoms with Crippen LogP contribution in [0.4, 0.5) is 14.6 Å². The monoisotopic (exact) mass is 271 g/mol. The van der Waals surface area contributed by atoms with Crippen molar-refractivity contribution in [2.24, 2.45) is 0 Å². The summed E-state index contributed by atoms with van der Waals surface area (Å²) in [5.74, 6) is -0.510. The van der Waals surface area contributed by atoms with Gasteiger partial charge in [-0.3, -0.25) is 0 Å². The minimum absolute atomic E-state index is 0.154. The molecule has 0 aliphatic heterocycles. The Balaban J connectivity index is 2.29. The summed E-state index contributed by atoms with van der Waals surface area (Å²) in [4.78, 5) is 8.31. The molecule has 100 valence electrons. The van der Waals surface area contributed by atoms with Gasteiger partial charge in [-0.1, -0.05) is 11.6 Å². The largest absolute Gasteiger partial charge is 0.383 e. The molecule has 1 aromatic heterocycles. The molecule has 0 aliphatic carbocycles. The first-order valence-corrected chi connectivity index (χ1v) is 6.04. The van der Waals surface area contributed by atoms with Gasteiger partial charge in [0.2, 0.25) is 0 Å². The predicted molar refractivity (Wildman–Crippen MR) is 74.0 cm³/mol. The number of hydrogen-bond acceptors (Lipinski definition) is 3. The lowest BCUT2D eigenvalue weighted by Crippen LogP contribution is -1.99. The van der Waals surface area contributed by atoms with Gasteiger partial charge in [-0.05, 0) is 31.2 Å². The number of nitrogen functional groups attached to an aromatic ring is 1. The number of aromatic nitrogens is 2. The Labute approximate surface area is 114 Å². The quantitative estimate of drug-likeness (QED) is 0.737. The molecule has 3 aromatic rings. The van der Waals surface area contributed by atoms with Gasteiger partial charge < -0.3 is 5.73 Å².